The van der Waals surface area contributed by atoms with Crippen molar-refractivity contribution in [1.82, 2.24) is 10.2 Å². The second-order valence-corrected chi connectivity index (χ2v) is 6.46. The number of hydrogen-bond donors (Lipinski definition) is 1. The molecule has 100 valence electrons. The molecule has 1 N–H and O–H groups in total. The fraction of sp³-hybridized carbons (Fsp3) is 0.923. The Labute approximate surface area is 105 Å². The fourth-order valence-corrected chi connectivity index (χ4v) is 2.08. The standard InChI is InChI=1S/C13H26N2O2/c1-12(2,3)14-11(16)15(5)10-13(4)6-8-17-9-7-13/h6-10H2,1-5H3,(H,14,16). The van der Waals surface area contributed by atoms with E-state index >= 15 is 0 Å². The van der Waals surface area contributed by atoms with Crippen molar-refractivity contribution in [3.63, 3.8) is 0 Å². The summed E-state index contributed by atoms with van der Waals surface area (Å²) in [7, 11) is 1.86. The number of urea groups is 1. The predicted octanol–water partition coefficient (Wildman–Crippen LogP) is 2.24. The minimum atomic E-state index is -0.179. The van der Waals surface area contributed by atoms with E-state index in [1.807, 2.05) is 27.8 Å². The van der Waals surface area contributed by atoms with Crippen molar-refractivity contribution in [3.05, 3.63) is 0 Å². The van der Waals surface area contributed by atoms with Crippen molar-refractivity contribution in [1.29, 1.82) is 0 Å². The van der Waals surface area contributed by atoms with Gasteiger partial charge in [0.15, 0.2) is 0 Å². The summed E-state index contributed by atoms with van der Waals surface area (Å²) in [6.45, 7) is 10.6. The molecule has 0 aromatic carbocycles. The highest BCUT2D eigenvalue weighted by Crippen LogP contribution is 2.30. The molecule has 0 bridgehead atoms. The lowest BCUT2D eigenvalue weighted by molar-refractivity contribution is 0.0131. The Morgan fingerprint density at radius 3 is 2.35 bits per heavy atom. The third-order valence-electron chi connectivity index (χ3n) is 3.15. The average molecular weight is 242 g/mol. The summed E-state index contributed by atoms with van der Waals surface area (Å²) >= 11 is 0. The van der Waals surface area contributed by atoms with E-state index in [1.165, 1.54) is 0 Å². The smallest absolute Gasteiger partial charge is 0.317 e. The van der Waals surface area contributed by atoms with Crippen LogP contribution in [0.5, 0.6) is 0 Å². The maximum absolute atomic E-state index is 12.0. The van der Waals surface area contributed by atoms with Crippen LogP contribution in [0.4, 0.5) is 4.79 Å². The molecule has 4 nitrogen and oxygen atoms in total. The fourth-order valence-electron chi connectivity index (χ4n) is 2.08. The molecule has 0 radical (unpaired) electrons. The zero-order chi connectivity index (χ0) is 13.1. The highest BCUT2D eigenvalue weighted by Gasteiger charge is 2.30. The Hall–Kier alpha value is -0.770. The second-order valence-electron chi connectivity index (χ2n) is 6.46. The van der Waals surface area contributed by atoms with Crippen molar-refractivity contribution in [3.8, 4) is 0 Å². The molecule has 0 aliphatic carbocycles. The molecule has 1 fully saturated rings. The van der Waals surface area contributed by atoms with E-state index < -0.39 is 0 Å². The molecule has 1 heterocycles. The van der Waals surface area contributed by atoms with Crippen molar-refractivity contribution in [2.75, 3.05) is 26.8 Å². The van der Waals surface area contributed by atoms with Gasteiger partial charge >= 0.3 is 6.03 Å². The number of amides is 2. The van der Waals surface area contributed by atoms with E-state index in [2.05, 4.69) is 12.2 Å². The number of rotatable bonds is 2. The molecule has 4 heteroatoms. The van der Waals surface area contributed by atoms with Crippen molar-refractivity contribution < 1.29 is 9.53 Å². The van der Waals surface area contributed by atoms with E-state index in [0.717, 1.165) is 32.6 Å². The summed E-state index contributed by atoms with van der Waals surface area (Å²) in [5.74, 6) is 0. The zero-order valence-corrected chi connectivity index (χ0v) is 11.8. The molecule has 0 aromatic heterocycles. The summed E-state index contributed by atoms with van der Waals surface area (Å²) in [5.41, 5.74) is 0.0180. The molecule has 2 amide bonds. The van der Waals surface area contributed by atoms with Crippen LogP contribution < -0.4 is 5.32 Å². The molecule has 0 unspecified atom stereocenters. The summed E-state index contributed by atoms with van der Waals surface area (Å²) in [5, 5.41) is 2.98. The lowest BCUT2D eigenvalue weighted by Crippen LogP contribution is -2.50. The van der Waals surface area contributed by atoms with Crippen LogP contribution in [0.1, 0.15) is 40.5 Å². The maximum Gasteiger partial charge on any atom is 0.317 e. The van der Waals surface area contributed by atoms with E-state index in [4.69, 9.17) is 4.74 Å². The van der Waals surface area contributed by atoms with Gasteiger partial charge in [0, 0.05) is 32.3 Å². The van der Waals surface area contributed by atoms with Crippen LogP contribution >= 0.6 is 0 Å². The monoisotopic (exact) mass is 242 g/mol. The van der Waals surface area contributed by atoms with Crippen LogP contribution in [0.2, 0.25) is 0 Å². The molecule has 1 aliphatic heterocycles. The summed E-state index contributed by atoms with van der Waals surface area (Å²) in [6, 6.07) is 0.00483. The second kappa shape index (κ2) is 5.25. The van der Waals surface area contributed by atoms with Gasteiger partial charge in [-0.15, -0.1) is 0 Å². The highest BCUT2D eigenvalue weighted by molar-refractivity contribution is 5.74. The van der Waals surface area contributed by atoms with Crippen molar-refractivity contribution >= 4 is 6.03 Å². The molecule has 0 spiro atoms. The Morgan fingerprint density at radius 2 is 1.88 bits per heavy atom. The number of carbonyl (C=O) groups excluding carboxylic acids is 1. The van der Waals surface area contributed by atoms with Crippen LogP contribution in [0.15, 0.2) is 0 Å². The molecular weight excluding hydrogens is 216 g/mol. The van der Waals surface area contributed by atoms with Gasteiger partial charge in [-0.05, 0) is 39.0 Å². The Kier molecular flexibility index (Phi) is 4.42. The molecule has 0 atom stereocenters. The first-order valence-electron chi connectivity index (χ1n) is 6.33. The maximum atomic E-state index is 12.0. The van der Waals surface area contributed by atoms with E-state index in [9.17, 15) is 4.79 Å². The third-order valence-corrected chi connectivity index (χ3v) is 3.15. The molecule has 1 rings (SSSR count). The molecule has 17 heavy (non-hydrogen) atoms. The minimum Gasteiger partial charge on any atom is -0.381 e. The SMILES string of the molecule is CN(CC1(C)CCOCC1)C(=O)NC(C)(C)C. The van der Waals surface area contributed by atoms with Gasteiger partial charge in [-0.3, -0.25) is 0 Å². The first-order valence-corrected chi connectivity index (χ1v) is 6.33. The van der Waals surface area contributed by atoms with Gasteiger partial charge in [0.2, 0.25) is 0 Å². The van der Waals surface area contributed by atoms with Crippen LogP contribution in [0.3, 0.4) is 0 Å². The number of carbonyl (C=O) groups is 1. The van der Waals surface area contributed by atoms with Crippen LogP contribution in [-0.2, 0) is 4.74 Å². The van der Waals surface area contributed by atoms with Gasteiger partial charge in [-0.2, -0.15) is 0 Å². The number of ether oxygens (including phenoxy) is 1. The van der Waals surface area contributed by atoms with Gasteiger partial charge in [0.1, 0.15) is 0 Å². The molecular formula is C13H26N2O2. The minimum absolute atomic E-state index is 0.00483. The van der Waals surface area contributed by atoms with Crippen LogP contribution in [0.25, 0.3) is 0 Å². The molecule has 0 aromatic rings. The third kappa shape index (κ3) is 4.94. The Bertz CT molecular complexity index is 265. The summed E-state index contributed by atoms with van der Waals surface area (Å²) in [6.07, 6.45) is 2.06. The highest BCUT2D eigenvalue weighted by atomic mass is 16.5. The van der Waals surface area contributed by atoms with Gasteiger partial charge < -0.3 is 15.0 Å². The van der Waals surface area contributed by atoms with E-state index in [-0.39, 0.29) is 17.0 Å². The van der Waals surface area contributed by atoms with E-state index in [1.54, 1.807) is 4.90 Å². The summed E-state index contributed by atoms with van der Waals surface area (Å²) in [4.78, 5) is 13.7. The quantitative estimate of drug-likeness (QED) is 0.807. The Balaban J connectivity index is 2.47. The lowest BCUT2D eigenvalue weighted by Gasteiger charge is -2.37. The first-order chi connectivity index (χ1) is 7.72. The lowest BCUT2D eigenvalue weighted by atomic mass is 9.82. The molecule has 1 saturated heterocycles. The zero-order valence-electron chi connectivity index (χ0n) is 11.8. The van der Waals surface area contributed by atoms with E-state index in [0.29, 0.717) is 0 Å². The van der Waals surface area contributed by atoms with Crippen molar-refractivity contribution in [2.45, 2.75) is 46.1 Å². The van der Waals surface area contributed by atoms with Crippen molar-refractivity contribution in [2.24, 2.45) is 5.41 Å². The van der Waals surface area contributed by atoms with Crippen LogP contribution in [-0.4, -0.2) is 43.3 Å². The topological polar surface area (TPSA) is 41.6 Å². The molecule has 0 saturated carbocycles. The predicted molar refractivity (Wildman–Crippen MR) is 69.1 cm³/mol. The first kappa shape index (κ1) is 14.3. The molecule has 1 aliphatic rings. The number of nitrogens with one attached hydrogen (secondary N) is 1. The average Bonchev–Trinajstić information content (AvgIpc) is 2.15. The van der Waals surface area contributed by atoms with Gasteiger partial charge in [0.05, 0.1) is 0 Å². The Morgan fingerprint density at radius 1 is 1.35 bits per heavy atom. The largest absolute Gasteiger partial charge is 0.381 e. The van der Waals surface area contributed by atoms with Gasteiger partial charge in [0.25, 0.3) is 0 Å². The van der Waals surface area contributed by atoms with Gasteiger partial charge in [-0.25, -0.2) is 4.79 Å². The normalized spacial score (nSPS) is 19.8. The number of hydrogen-bond acceptors (Lipinski definition) is 2. The van der Waals surface area contributed by atoms with Crippen LogP contribution in [0, 0.1) is 5.41 Å². The number of nitrogens with zero attached hydrogens (tertiary/aromatic N) is 1. The summed E-state index contributed by atoms with van der Waals surface area (Å²) < 4.78 is 5.37. The van der Waals surface area contributed by atoms with Gasteiger partial charge in [-0.1, -0.05) is 6.92 Å².